The van der Waals surface area contributed by atoms with Crippen LogP contribution in [0.5, 0.6) is 0 Å². The summed E-state index contributed by atoms with van der Waals surface area (Å²) in [5, 5.41) is 3.41. The largest absolute Gasteiger partial charge is 0.369 e. The molecule has 2 atom stereocenters. The summed E-state index contributed by atoms with van der Waals surface area (Å²) in [6.45, 7) is 12.3. The topological polar surface area (TPSA) is 15.3 Å². The van der Waals surface area contributed by atoms with E-state index >= 15 is 0 Å². The van der Waals surface area contributed by atoms with Gasteiger partial charge in [0.15, 0.2) is 0 Å². The lowest BCUT2D eigenvalue weighted by atomic mass is 9.91. The summed E-state index contributed by atoms with van der Waals surface area (Å²) in [5.74, 6) is 0.801. The van der Waals surface area contributed by atoms with E-state index in [2.05, 4.69) is 56.1 Å². The summed E-state index contributed by atoms with van der Waals surface area (Å²) in [5.41, 5.74) is 4.23. The molecule has 1 aliphatic rings. The molecule has 2 rings (SSSR count). The second-order valence-electron chi connectivity index (χ2n) is 5.94. The maximum absolute atomic E-state index is 3.41. The third-order valence-electron chi connectivity index (χ3n) is 4.60. The van der Waals surface area contributed by atoms with Crippen LogP contribution < -0.4 is 10.2 Å². The number of hydrogen-bond donors (Lipinski definition) is 1. The summed E-state index contributed by atoms with van der Waals surface area (Å²) in [6, 6.07) is 7.61. The molecule has 1 heterocycles. The molecule has 1 N–H and O–H groups in total. The van der Waals surface area contributed by atoms with Gasteiger partial charge in [0.25, 0.3) is 0 Å². The first-order valence-electron chi connectivity index (χ1n) is 7.70. The molecule has 0 saturated carbocycles. The Morgan fingerprint density at radius 1 is 1.32 bits per heavy atom. The first-order valence-corrected chi connectivity index (χ1v) is 7.70. The molecule has 1 fully saturated rings. The van der Waals surface area contributed by atoms with Crippen molar-refractivity contribution in [2.75, 3.05) is 18.0 Å². The van der Waals surface area contributed by atoms with Gasteiger partial charge in [-0.25, -0.2) is 0 Å². The van der Waals surface area contributed by atoms with Crippen LogP contribution in [0.4, 0.5) is 5.69 Å². The lowest BCUT2D eigenvalue weighted by molar-refractivity contribution is 0.363. The van der Waals surface area contributed by atoms with E-state index in [1.165, 1.54) is 36.2 Å². The Bertz CT molecular complexity index is 414. The fourth-order valence-electron chi connectivity index (χ4n) is 3.02. The van der Waals surface area contributed by atoms with E-state index < -0.39 is 0 Å². The van der Waals surface area contributed by atoms with Crippen LogP contribution in [-0.2, 0) is 6.54 Å². The van der Waals surface area contributed by atoms with Gasteiger partial charge in [0.05, 0.1) is 0 Å². The van der Waals surface area contributed by atoms with Crippen molar-refractivity contribution in [3.05, 3.63) is 29.3 Å². The van der Waals surface area contributed by atoms with Crippen LogP contribution in [0.25, 0.3) is 0 Å². The molecule has 19 heavy (non-hydrogen) atoms. The van der Waals surface area contributed by atoms with Crippen LogP contribution in [0.3, 0.4) is 0 Å². The lowest BCUT2D eigenvalue weighted by Crippen LogP contribution is -2.42. The monoisotopic (exact) mass is 260 g/mol. The second-order valence-corrected chi connectivity index (χ2v) is 5.94. The fraction of sp³-hybridized carbons (Fsp3) is 0.647. The first kappa shape index (κ1) is 14.4. The summed E-state index contributed by atoms with van der Waals surface area (Å²) in [6.07, 6.45) is 2.69. The Morgan fingerprint density at radius 3 is 2.79 bits per heavy atom. The van der Waals surface area contributed by atoms with Gasteiger partial charge in [0, 0.05) is 24.8 Å². The molecule has 0 aromatic heterocycles. The molecular weight excluding hydrogens is 232 g/mol. The van der Waals surface area contributed by atoms with Gasteiger partial charge in [-0.15, -0.1) is 0 Å². The van der Waals surface area contributed by atoms with Gasteiger partial charge in [-0.1, -0.05) is 19.9 Å². The van der Waals surface area contributed by atoms with E-state index in [1.807, 2.05) is 0 Å². The van der Waals surface area contributed by atoms with Gasteiger partial charge in [-0.3, -0.25) is 0 Å². The number of hydrogen-bond acceptors (Lipinski definition) is 2. The third-order valence-corrected chi connectivity index (χ3v) is 4.60. The normalized spacial score (nSPS) is 23.7. The number of piperidine rings is 1. The smallest absolute Gasteiger partial charge is 0.0371 e. The van der Waals surface area contributed by atoms with E-state index in [0.717, 1.165) is 19.0 Å². The molecule has 1 aromatic rings. The fourth-order valence-corrected chi connectivity index (χ4v) is 3.02. The minimum Gasteiger partial charge on any atom is -0.369 e. The minimum atomic E-state index is 0.660. The summed E-state index contributed by atoms with van der Waals surface area (Å²) >= 11 is 0. The predicted molar refractivity (Wildman–Crippen MR) is 83.8 cm³/mol. The van der Waals surface area contributed by atoms with Crippen LogP contribution in [0, 0.1) is 12.8 Å². The zero-order chi connectivity index (χ0) is 13.8. The van der Waals surface area contributed by atoms with Crippen molar-refractivity contribution >= 4 is 5.69 Å². The summed E-state index contributed by atoms with van der Waals surface area (Å²) < 4.78 is 0. The molecule has 2 nitrogen and oxygen atoms in total. The molecule has 1 aliphatic heterocycles. The molecule has 2 unspecified atom stereocenters. The van der Waals surface area contributed by atoms with Crippen LogP contribution in [0.15, 0.2) is 18.2 Å². The molecule has 0 amide bonds. The van der Waals surface area contributed by atoms with Crippen LogP contribution >= 0.6 is 0 Å². The minimum absolute atomic E-state index is 0.660. The summed E-state index contributed by atoms with van der Waals surface area (Å²) in [7, 11) is 0. The van der Waals surface area contributed by atoms with E-state index in [9.17, 15) is 0 Å². The Kier molecular flexibility index (Phi) is 4.87. The standard InChI is InChI=1S/C17H28N2/c1-5-18-12-16-8-9-17(11-14(16)3)19-10-6-7-13(2)15(19)4/h8-9,11,13,15,18H,5-7,10,12H2,1-4H3. The number of nitrogens with one attached hydrogen (secondary N) is 1. The van der Waals surface area contributed by atoms with Gasteiger partial charge >= 0.3 is 0 Å². The molecule has 1 saturated heterocycles. The average molecular weight is 260 g/mol. The number of aryl methyl sites for hydroxylation is 1. The molecule has 0 bridgehead atoms. The van der Waals surface area contributed by atoms with Crippen LogP contribution in [-0.4, -0.2) is 19.1 Å². The van der Waals surface area contributed by atoms with E-state index in [0.29, 0.717) is 6.04 Å². The van der Waals surface area contributed by atoms with Crippen molar-refractivity contribution in [1.82, 2.24) is 5.32 Å². The maximum atomic E-state index is 3.41. The quantitative estimate of drug-likeness (QED) is 0.887. The van der Waals surface area contributed by atoms with Gasteiger partial charge in [-0.2, -0.15) is 0 Å². The number of nitrogens with zero attached hydrogens (tertiary/aromatic N) is 1. The highest BCUT2D eigenvalue weighted by atomic mass is 15.2. The first-order chi connectivity index (χ1) is 9.13. The number of rotatable bonds is 4. The zero-order valence-corrected chi connectivity index (χ0v) is 12.9. The molecule has 0 radical (unpaired) electrons. The van der Waals surface area contributed by atoms with Crippen LogP contribution in [0.2, 0.25) is 0 Å². The Hall–Kier alpha value is -1.02. The van der Waals surface area contributed by atoms with Crippen LogP contribution in [0.1, 0.15) is 44.7 Å². The van der Waals surface area contributed by atoms with Gasteiger partial charge in [0.2, 0.25) is 0 Å². The molecular formula is C17H28N2. The second kappa shape index (κ2) is 6.42. The highest BCUT2D eigenvalue weighted by Crippen LogP contribution is 2.29. The van der Waals surface area contributed by atoms with Crippen molar-refractivity contribution < 1.29 is 0 Å². The third kappa shape index (κ3) is 3.30. The van der Waals surface area contributed by atoms with Gasteiger partial charge in [-0.05, 0) is 62.4 Å². The molecule has 0 spiro atoms. The van der Waals surface area contributed by atoms with E-state index in [4.69, 9.17) is 0 Å². The molecule has 1 aromatic carbocycles. The number of anilines is 1. The predicted octanol–water partition coefficient (Wildman–Crippen LogP) is 3.73. The van der Waals surface area contributed by atoms with Gasteiger partial charge in [0.1, 0.15) is 0 Å². The zero-order valence-electron chi connectivity index (χ0n) is 12.9. The average Bonchev–Trinajstić information content (AvgIpc) is 2.40. The SMILES string of the molecule is CCNCc1ccc(N2CCCC(C)C2C)cc1C. The van der Waals surface area contributed by atoms with Gasteiger partial charge < -0.3 is 10.2 Å². The molecule has 0 aliphatic carbocycles. The summed E-state index contributed by atoms with van der Waals surface area (Å²) in [4.78, 5) is 2.58. The van der Waals surface area contributed by atoms with E-state index in [1.54, 1.807) is 0 Å². The van der Waals surface area contributed by atoms with Crippen molar-refractivity contribution in [2.24, 2.45) is 5.92 Å². The Morgan fingerprint density at radius 2 is 2.11 bits per heavy atom. The van der Waals surface area contributed by atoms with Crippen molar-refractivity contribution in [1.29, 1.82) is 0 Å². The van der Waals surface area contributed by atoms with E-state index in [-0.39, 0.29) is 0 Å². The molecule has 2 heteroatoms. The maximum Gasteiger partial charge on any atom is 0.0371 e. The van der Waals surface area contributed by atoms with Crippen molar-refractivity contribution in [3.63, 3.8) is 0 Å². The number of benzene rings is 1. The molecule has 106 valence electrons. The Balaban J connectivity index is 2.14. The highest BCUT2D eigenvalue weighted by Gasteiger charge is 2.24. The van der Waals surface area contributed by atoms with Crippen molar-refractivity contribution in [2.45, 2.75) is 53.1 Å². The van der Waals surface area contributed by atoms with Crippen molar-refractivity contribution in [3.8, 4) is 0 Å². The highest BCUT2D eigenvalue weighted by molar-refractivity contribution is 5.52. The Labute approximate surface area is 118 Å². The lowest BCUT2D eigenvalue weighted by Gasteiger charge is -2.40.